The second-order valence-corrected chi connectivity index (χ2v) is 9.50. The van der Waals surface area contributed by atoms with Crippen molar-refractivity contribution in [1.82, 2.24) is 0 Å². The van der Waals surface area contributed by atoms with Gasteiger partial charge in [-0.3, -0.25) is 4.79 Å². The minimum Gasteiger partial charge on any atom is -0.493 e. The molecule has 0 radical (unpaired) electrons. The Labute approximate surface area is 148 Å². The van der Waals surface area contributed by atoms with Crippen LogP contribution in [0.3, 0.4) is 0 Å². The first-order valence-corrected chi connectivity index (χ1v) is 10.9. The topological polar surface area (TPSA) is 35.5 Å². The van der Waals surface area contributed by atoms with E-state index in [2.05, 4.69) is 6.92 Å². The molecule has 3 nitrogen and oxygen atoms in total. The molecule has 0 amide bonds. The Bertz CT molecular complexity index is 516. The number of carbonyl (C=O) groups is 1. The predicted octanol–water partition coefficient (Wildman–Crippen LogP) is 3.87. The number of hydrogen-bond acceptors (Lipinski definition) is 3. The van der Waals surface area contributed by atoms with E-state index in [-0.39, 0.29) is 21.9 Å². The third kappa shape index (κ3) is 4.76. The summed E-state index contributed by atoms with van der Waals surface area (Å²) in [4.78, 5) is 12.7. The summed E-state index contributed by atoms with van der Waals surface area (Å²) in [6, 6.07) is 7.77. The minimum atomic E-state index is 0.0999. The summed E-state index contributed by atoms with van der Waals surface area (Å²) in [5.41, 5.74) is 0.812. The van der Waals surface area contributed by atoms with E-state index in [1.165, 1.54) is 32.1 Å². The Morgan fingerprint density at radius 3 is 2.50 bits per heavy atom. The van der Waals surface area contributed by atoms with Crippen molar-refractivity contribution in [2.45, 2.75) is 44.3 Å². The molecular weight excluding hydrogens is 320 g/mol. The zero-order valence-electron chi connectivity index (χ0n) is 14.7. The average Bonchev–Trinajstić information content (AvgIpc) is 2.67. The normalized spacial score (nSPS) is 21.4. The number of ketones is 1. The van der Waals surface area contributed by atoms with Crippen LogP contribution in [-0.2, 0) is 15.6 Å². The van der Waals surface area contributed by atoms with E-state index in [1.807, 2.05) is 24.3 Å². The molecule has 3 rings (SSSR count). The highest BCUT2D eigenvalue weighted by atomic mass is 32.2. The molecule has 1 aliphatic heterocycles. The Morgan fingerprint density at radius 2 is 1.83 bits per heavy atom. The lowest BCUT2D eigenvalue weighted by Crippen LogP contribution is -2.38. The van der Waals surface area contributed by atoms with Crippen molar-refractivity contribution in [3.8, 4) is 5.75 Å². The Kier molecular flexibility index (Phi) is 6.61. The van der Waals surface area contributed by atoms with Gasteiger partial charge in [0, 0.05) is 16.5 Å². The van der Waals surface area contributed by atoms with Crippen LogP contribution in [0.1, 0.15) is 49.4 Å². The monoisotopic (exact) mass is 349 g/mol. The molecule has 1 aromatic rings. The highest BCUT2D eigenvalue weighted by molar-refractivity contribution is 7.98. The van der Waals surface area contributed by atoms with Crippen LogP contribution in [0.2, 0.25) is 0 Å². The zero-order valence-corrected chi connectivity index (χ0v) is 15.5. The zero-order chi connectivity index (χ0) is 16.8. The number of ether oxygens (including phenoxy) is 2. The van der Waals surface area contributed by atoms with Crippen molar-refractivity contribution in [1.29, 1.82) is 0 Å². The first kappa shape index (κ1) is 17.8. The number of hydrogen-bond donors (Lipinski definition) is 0. The molecule has 1 saturated carbocycles. The van der Waals surface area contributed by atoms with Gasteiger partial charge >= 0.3 is 0 Å². The quantitative estimate of drug-likeness (QED) is 0.578. The number of rotatable bonds is 6. The van der Waals surface area contributed by atoms with Crippen LogP contribution < -0.4 is 4.74 Å². The molecule has 4 heteroatoms. The average molecular weight is 350 g/mol. The van der Waals surface area contributed by atoms with Crippen LogP contribution in [0.5, 0.6) is 5.75 Å². The van der Waals surface area contributed by atoms with Crippen molar-refractivity contribution < 1.29 is 14.3 Å². The first-order valence-electron chi connectivity index (χ1n) is 9.25. The molecule has 0 aromatic heterocycles. The van der Waals surface area contributed by atoms with Gasteiger partial charge in [0.1, 0.15) is 17.3 Å². The first-order chi connectivity index (χ1) is 11.7. The van der Waals surface area contributed by atoms with Crippen molar-refractivity contribution in [2.75, 3.05) is 31.3 Å². The lowest BCUT2D eigenvalue weighted by Gasteiger charge is -2.21. The summed E-state index contributed by atoms with van der Waals surface area (Å²) in [5, 5.41) is 0.0999. The molecule has 2 aliphatic rings. The highest BCUT2D eigenvalue weighted by Gasteiger charge is 2.34. The summed E-state index contributed by atoms with van der Waals surface area (Å²) in [6.45, 7) is 4.49. The van der Waals surface area contributed by atoms with Gasteiger partial charge in [0.05, 0.1) is 19.8 Å². The molecule has 1 atom stereocenters. The third-order valence-electron chi connectivity index (χ3n) is 5.20. The van der Waals surface area contributed by atoms with Gasteiger partial charge in [0.2, 0.25) is 5.78 Å². The number of Topliss-reactive ketones (excluding diaryl/α,β-unsaturated/α-hetero) is 1. The molecule has 1 heterocycles. The van der Waals surface area contributed by atoms with Crippen LogP contribution >= 0.6 is 0 Å². The molecule has 2 fully saturated rings. The van der Waals surface area contributed by atoms with Crippen LogP contribution in [0, 0.1) is 5.92 Å². The summed E-state index contributed by atoms with van der Waals surface area (Å²) >= 11 is 0. The van der Waals surface area contributed by atoms with Gasteiger partial charge in [-0.1, -0.05) is 19.3 Å². The van der Waals surface area contributed by atoms with Crippen molar-refractivity contribution >= 4 is 16.7 Å². The van der Waals surface area contributed by atoms with Crippen LogP contribution in [0.15, 0.2) is 24.3 Å². The molecule has 1 unspecified atom stereocenters. The Morgan fingerprint density at radius 1 is 1.17 bits per heavy atom. The fraction of sp³-hybridized carbons (Fsp3) is 0.650. The van der Waals surface area contributed by atoms with E-state index in [0.29, 0.717) is 5.92 Å². The van der Waals surface area contributed by atoms with Crippen molar-refractivity contribution in [3.05, 3.63) is 29.8 Å². The number of carbonyl (C=O) groups excluding carboxylic acids is 1. The molecule has 0 N–H and O–H groups in total. The maximum Gasteiger partial charge on any atom is 0.214 e. The summed E-state index contributed by atoms with van der Waals surface area (Å²) in [5.74, 6) is 3.90. The lowest BCUT2D eigenvalue weighted by atomic mass is 9.90. The van der Waals surface area contributed by atoms with E-state index in [9.17, 15) is 4.79 Å². The summed E-state index contributed by atoms with van der Waals surface area (Å²) in [6.07, 6.45) is 6.64. The summed E-state index contributed by atoms with van der Waals surface area (Å²) in [7, 11) is 0.162. The van der Waals surface area contributed by atoms with Crippen molar-refractivity contribution in [2.24, 2.45) is 5.92 Å². The molecule has 1 aromatic carbocycles. The Balaban J connectivity index is 1.52. The fourth-order valence-electron chi connectivity index (χ4n) is 3.56. The largest absolute Gasteiger partial charge is 0.493 e. The Hall–Kier alpha value is -1.00. The molecular formula is C20H29O3S+. The van der Waals surface area contributed by atoms with Crippen LogP contribution in [0.4, 0.5) is 0 Å². The van der Waals surface area contributed by atoms with Gasteiger partial charge in [-0.15, -0.1) is 0 Å². The maximum atomic E-state index is 12.7. The van der Waals surface area contributed by atoms with E-state index in [0.717, 1.165) is 42.6 Å². The van der Waals surface area contributed by atoms with Crippen LogP contribution in [-0.4, -0.2) is 42.4 Å². The van der Waals surface area contributed by atoms with E-state index >= 15 is 0 Å². The lowest BCUT2D eigenvalue weighted by molar-refractivity contribution is 0.0991. The van der Waals surface area contributed by atoms with Crippen LogP contribution in [0.25, 0.3) is 0 Å². The fourth-order valence-corrected chi connectivity index (χ4v) is 5.57. The predicted molar refractivity (Wildman–Crippen MR) is 100 cm³/mol. The SMILES string of the molecule is CC(C(=O)c1ccc(OCC2CCCCC2)cc1)[S+]1CCOCC1. The molecule has 1 saturated heterocycles. The summed E-state index contributed by atoms with van der Waals surface area (Å²) < 4.78 is 11.3. The molecule has 0 bridgehead atoms. The second kappa shape index (κ2) is 8.91. The van der Waals surface area contributed by atoms with E-state index < -0.39 is 0 Å². The van der Waals surface area contributed by atoms with Gasteiger partial charge in [-0.05, 0) is 49.9 Å². The number of benzene rings is 1. The molecule has 0 spiro atoms. The van der Waals surface area contributed by atoms with Gasteiger partial charge in [0.25, 0.3) is 0 Å². The molecule has 24 heavy (non-hydrogen) atoms. The minimum absolute atomic E-state index is 0.0999. The maximum absolute atomic E-state index is 12.7. The van der Waals surface area contributed by atoms with Crippen molar-refractivity contribution in [3.63, 3.8) is 0 Å². The van der Waals surface area contributed by atoms with Gasteiger partial charge in [0.15, 0.2) is 5.25 Å². The smallest absolute Gasteiger partial charge is 0.214 e. The highest BCUT2D eigenvalue weighted by Crippen LogP contribution is 2.25. The van der Waals surface area contributed by atoms with Gasteiger partial charge in [-0.25, -0.2) is 0 Å². The second-order valence-electron chi connectivity index (χ2n) is 6.90. The van der Waals surface area contributed by atoms with Gasteiger partial charge in [-0.2, -0.15) is 0 Å². The standard InChI is InChI=1S/C20H29O3S/c1-16(24-13-11-22-12-14-24)20(21)18-7-9-19(10-8-18)23-15-17-5-3-2-4-6-17/h7-10,16-17H,2-6,11-15H2,1H3/q+1. The van der Waals surface area contributed by atoms with Gasteiger partial charge < -0.3 is 9.47 Å². The van der Waals surface area contributed by atoms with E-state index in [4.69, 9.17) is 9.47 Å². The molecule has 132 valence electrons. The van der Waals surface area contributed by atoms with E-state index in [1.54, 1.807) is 0 Å². The molecule has 1 aliphatic carbocycles. The third-order valence-corrected chi connectivity index (χ3v) is 7.79.